The van der Waals surface area contributed by atoms with Crippen molar-refractivity contribution in [2.75, 3.05) is 0 Å². The minimum atomic E-state index is -0.586. The van der Waals surface area contributed by atoms with Gasteiger partial charge in [-0.05, 0) is 18.2 Å². The molecule has 3 heteroatoms. The molecule has 0 aliphatic carbocycles. The number of benzene rings is 1. The number of hydrogen-bond acceptors (Lipinski definition) is 2. The molecular formula is C10H7NO2. The van der Waals surface area contributed by atoms with Crippen molar-refractivity contribution >= 4 is 18.4 Å². The fourth-order valence-corrected chi connectivity index (χ4v) is 1.08. The summed E-state index contributed by atoms with van der Waals surface area (Å²) >= 11 is 0. The van der Waals surface area contributed by atoms with Gasteiger partial charge in [0, 0.05) is 11.8 Å². The molecule has 13 heavy (non-hydrogen) atoms. The first-order chi connectivity index (χ1) is 6.36. The van der Waals surface area contributed by atoms with E-state index < -0.39 is 6.09 Å². The Morgan fingerprint density at radius 1 is 1.23 bits per heavy atom. The fourth-order valence-electron chi connectivity index (χ4n) is 1.08. The van der Waals surface area contributed by atoms with Gasteiger partial charge in [-0.25, -0.2) is 4.79 Å². The monoisotopic (exact) mass is 173 g/mol. The highest BCUT2D eigenvalue weighted by atomic mass is 16.5. The third-order valence-electron chi connectivity index (χ3n) is 1.66. The summed E-state index contributed by atoms with van der Waals surface area (Å²) < 4.78 is 4.95. The minimum absolute atomic E-state index is 0.542. The summed E-state index contributed by atoms with van der Waals surface area (Å²) in [6.07, 6.45) is 4.37. The molecule has 2 rings (SSSR count). The highest BCUT2D eigenvalue weighted by Crippen LogP contribution is 2.20. The van der Waals surface area contributed by atoms with Gasteiger partial charge in [0.2, 0.25) is 0 Å². The molecule has 1 aromatic carbocycles. The van der Waals surface area contributed by atoms with Gasteiger partial charge in [-0.1, -0.05) is 18.2 Å². The van der Waals surface area contributed by atoms with Gasteiger partial charge in [-0.15, -0.1) is 0 Å². The predicted octanol–water partition coefficient (Wildman–Crippen LogP) is 2.28. The zero-order valence-corrected chi connectivity index (χ0v) is 6.81. The van der Waals surface area contributed by atoms with E-state index in [0.29, 0.717) is 5.75 Å². The van der Waals surface area contributed by atoms with Crippen LogP contribution in [0.5, 0.6) is 5.75 Å². The smallest absolute Gasteiger partial charge is 0.408 e. The molecule has 0 fully saturated rings. The molecule has 0 atom stereocenters. The molecule has 1 aromatic rings. The number of fused-ring (bicyclic) bond motifs is 1. The Morgan fingerprint density at radius 2 is 2.08 bits per heavy atom. The van der Waals surface area contributed by atoms with Crippen molar-refractivity contribution in [3.63, 3.8) is 0 Å². The van der Waals surface area contributed by atoms with Gasteiger partial charge in [0.15, 0.2) is 0 Å². The highest BCUT2D eigenvalue weighted by molar-refractivity contribution is 5.90. The van der Waals surface area contributed by atoms with E-state index >= 15 is 0 Å². The van der Waals surface area contributed by atoms with E-state index in [2.05, 4.69) is 4.99 Å². The van der Waals surface area contributed by atoms with Gasteiger partial charge < -0.3 is 4.74 Å². The maximum atomic E-state index is 10.9. The van der Waals surface area contributed by atoms with E-state index in [1.54, 1.807) is 12.1 Å². The molecule has 0 saturated carbocycles. The van der Waals surface area contributed by atoms with Crippen molar-refractivity contribution in [2.24, 2.45) is 4.99 Å². The SMILES string of the molecule is O=C1/N=C\C=C/c2ccccc2O1. The lowest BCUT2D eigenvalue weighted by atomic mass is 10.2. The molecule has 0 saturated heterocycles. The van der Waals surface area contributed by atoms with E-state index in [1.807, 2.05) is 24.3 Å². The first kappa shape index (κ1) is 7.73. The Morgan fingerprint density at radius 3 is 3.00 bits per heavy atom. The van der Waals surface area contributed by atoms with Gasteiger partial charge in [-0.3, -0.25) is 0 Å². The first-order valence-electron chi connectivity index (χ1n) is 3.88. The molecule has 1 aliphatic heterocycles. The number of nitrogens with zero attached hydrogens (tertiary/aromatic N) is 1. The van der Waals surface area contributed by atoms with Crippen LogP contribution < -0.4 is 4.74 Å². The number of rotatable bonds is 0. The van der Waals surface area contributed by atoms with E-state index in [9.17, 15) is 4.79 Å². The Kier molecular flexibility index (Phi) is 1.92. The molecule has 0 spiro atoms. The van der Waals surface area contributed by atoms with Crippen molar-refractivity contribution in [3.8, 4) is 5.75 Å². The molecule has 0 radical (unpaired) electrons. The zero-order chi connectivity index (χ0) is 9.10. The van der Waals surface area contributed by atoms with Crippen LogP contribution in [0.4, 0.5) is 4.79 Å². The molecule has 64 valence electrons. The molecular weight excluding hydrogens is 166 g/mol. The average Bonchev–Trinajstić information content (AvgIpc) is 2.11. The van der Waals surface area contributed by atoms with Crippen LogP contribution >= 0.6 is 0 Å². The summed E-state index contributed by atoms with van der Waals surface area (Å²) in [6, 6.07) is 7.30. The summed E-state index contributed by atoms with van der Waals surface area (Å²) in [5, 5.41) is 0. The number of aliphatic imine (C=N–C) groups is 1. The van der Waals surface area contributed by atoms with Crippen LogP contribution in [0, 0.1) is 0 Å². The Bertz CT molecular complexity index is 394. The lowest BCUT2D eigenvalue weighted by molar-refractivity contribution is 0.211. The summed E-state index contributed by atoms with van der Waals surface area (Å²) in [4.78, 5) is 14.5. The number of amides is 1. The van der Waals surface area contributed by atoms with Gasteiger partial charge in [0.05, 0.1) is 0 Å². The number of hydrogen-bond donors (Lipinski definition) is 0. The predicted molar refractivity (Wildman–Crippen MR) is 50.0 cm³/mol. The Balaban J connectivity index is 2.49. The zero-order valence-electron chi connectivity index (χ0n) is 6.81. The average molecular weight is 173 g/mol. The second-order valence-electron chi connectivity index (χ2n) is 2.54. The molecule has 1 heterocycles. The quantitative estimate of drug-likeness (QED) is 0.603. The van der Waals surface area contributed by atoms with Crippen LogP contribution in [-0.2, 0) is 0 Å². The van der Waals surface area contributed by atoms with Gasteiger partial charge in [0.25, 0.3) is 0 Å². The maximum Gasteiger partial charge on any atom is 0.439 e. The molecule has 0 unspecified atom stereocenters. The largest absolute Gasteiger partial charge is 0.439 e. The van der Waals surface area contributed by atoms with Crippen molar-refractivity contribution in [3.05, 3.63) is 35.9 Å². The van der Waals surface area contributed by atoms with E-state index in [4.69, 9.17) is 4.74 Å². The van der Waals surface area contributed by atoms with Crippen molar-refractivity contribution < 1.29 is 9.53 Å². The molecule has 0 N–H and O–H groups in total. The van der Waals surface area contributed by atoms with E-state index in [0.717, 1.165) is 5.56 Å². The van der Waals surface area contributed by atoms with Crippen LogP contribution in [0.15, 0.2) is 35.3 Å². The van der Waals surface area contributed by atoms with Gasteiger partial charge >= 0.3 is 6.09 Å². The second kappa shape index (κ2) is 3.23. The molecule has 1 amide bonds. The summed E-state index contributed by atoms with van der Waals surface area (Å²) in [5.74, 6) is 0.542. The minimum Gasteiger partial charge on any atom is -0.408 e. The lowest BCUT2D eigenvalue weighted by Gasteiger charge is -2.05. The normalized spacial score (nSPS) is 19.2. The summed E-state index contributed by atoms with van der Waals surface area (Å²) in [7, 11) is 0. The third kappa shape index (κ3) is 1.64. The molecule has 0 aromatic heterocycles. The standard InChI is InChI=1S/C10H7NO2/c12-10-11-7-3-5-8-4-1-2-6-9(8)13-10/h1-7H/b5-3-,11-7-. The van der Waals surface area contributed by atoms with Crippen molar-refractivity contribution in [1.82, 2.24) is 0 Å². The summed E-state index contributed by atoms with van der Waals surface area (Å²) in [5.41, 5.74) is 0.877. The fraction of sp³-hybridized carbons (Fsp3) is 0. The number of ether oxygens (including phenoxy) is 1. The Labute approximate surface area is 75.4 Å². The van der Waals surface area contributed by atoms with Gasteiger partial charge in [-0.2, -0.15) is 4.99 Å². The number of carbonyl (C=O) groups is 1. The van der Waals surface area contributed by atoms with Crippen molar-refractivity contribution in [1.29, 1.82) is 0 Å². The number of allylic oxidation sites excluding steroid dienone is 1. The highest BCUT2D eigenvalue weighted by Gasteiger charge is 2.06. The van der Waals surface area contributed by atoms with Crippen LogP contribution in [0.2, 0.25) is 0 Å². The van der Waals surface area contributed by atoms with Gasteiger partial charge in [0.1, 0.15) is 5.75 Å². The van der Waals surface area contributed by atoms with Crippen LogP contribution in [-0.4, -0.2) is 12.3 Å². The second-order valence-corrected chi connectivity index (χ2v) is 2.54. The topological polar surface area (TPSA) is 38.7 Å². The van der Waals surface area contributed by atoms with Crippen molar-refractivity contribution in [2.45, 2.75) is 0 Å². The third-order valence-corrected chi connectivity index (χ3v) is 1.66. The van der Waals surface area contributed by atoms with E-state index in [-0.39, 0.29) is 0 Å². The first-order valence-corrected chi connectivity index (χ1v) is 3.88. The molecule has 0 bridgehead atoms. The van der Waals surface area contributed by atoms with E-state index in [1.165, 1.54) is 6.21 Å². The number of carbonyl (C=O) groups excluding carboxylic acids is 1. The maximum absolute atomic E-state index is 10.9. The van der Waals surface area contributed by atoms with Crippen LogP contribution in [0.25, 0.3) is 6.08 Å². The molecule has 3 nitrogen and oxygen atoms in total. The Hall–Kier alpha value is -1.90. The lowest BCUT2D eigenvalue weighted by Crippen LogP contribution is -2.04. The van der Waals surface area contributed by atoms with Crippen LogP contribution in [0.1, 0.15) is 5.56 Å². The number of para-hydroxylation sites is 1. The summed E-state index contributed by atoms with van der Waals surface area (Å²) in [6.45, 7) is 0. The van der Waals surface area contributed by atoms with Crippen LogP contribution in [0.3, 0.4) is 0 Å². The molecule has 1 aliphatic rings.